The first-order valence-electron chi connectivity index (χ1n) is 19.0. The van der Waals surface area contributed by atoms with Crippen LogP contribution in [0.5, 0.6) is 5.75 Å². The molecule has 0 atom stereocenters. The molecule has 0 bridgehead atoms. The molecule has 0 fully saturated rings. The molecule has 0 radical (unpaired) electrons. The highest BCUT2D eigenvalue weighted by molar-refractivity contribution is 7.90. The van der Waals surface area contributed by atoms with Crippen LogP contribution in [0.1, 0.15) is 150 Å². The fraction of sp³-hybridized carbons (Fsp3) is 0.535. The molecule has 290 valence electrons. The van der Waals surface area contributed by atoms with Gasteiger partial charge in [0.2, 0.25) is 11.8 Å². The lowest BCUT2D eigenvalue weighted by Crippen LogP contribution is -2.41. The van der Waals surface area contributed by atoms with Crippen molar-refractivity contribution in [3.8, 4) is 5.75 Å². The molecular formula is C43H62N4O5S. The predicted molar refractivity (Wildman–Crippen MR) is 218 cm³/mol. The number of unbranched alkanes of at least 4 members (excludes halogenated alkanes) is 3. The van der Waals surface area contributed by atoms with Crippen molar-refractivity contribution in [3.05, 3.63) is 76.6 Å². The van der Waals surface area contributed by atoms with Gasteiger partial charge in [-0.2, -0.15) is 12.8 Å². The average Bonchev–Trinajstić information content (AvgIpc) is 3.05. The number of amides is 2. The van der Waals surface area contributed by atoms with Crippen molar-refractivity contribution in [2.75, 3.05) is 6.61 Å². The maximum Gasteiger partial charge on any atom is 0.283 e. The Hall–Kier alpha value is -4.05. The number of nitrogens with one attached hydrogen (secondary N) is 2. The maximum atomic E-state index is 14.6. The summed E-state index contributed by atoms with van der Waals surface area (Å²) in [5.41, 5.74) is 2.14. The number of hydrogen-bond acceptors (Lipinski definition) is 6. The molecule has 2 aromatic rings. The molecule has 0 spiro atoms. The van der Waals surface area contributed by atoms with Crippen molar-refractivity contribution in [1.29, 1.82) is 0 Å². The lowest BCUT2D eigenvalue weighted by molar-refractivity contribution is -0.128. The summed E-state index contributed by atoms with van der Waals surface area (Å²) in [6, 6.07) is 11.2. The van der Waals surface area contributed by atoms with Gasteiger partial charge >= 0.3 is 0 Å². The second-order valence-corrected chi connectivity index (χ2v) is 18.4. The largest absolute Gasteiger partial charge is 0.494 e. The Morgan fingerprint density at radius 3 is 1.66 bits per heavy atom. The number of aliphatic imine (C=N–C) groups is 1. The first-order valence-corrected chi connectivity index (χ1v) is 20.4. The van der Waals surface area contributed by atoms with Crippen LogP contribution in [0.3, 0.4) is 0 Å². The molecule has 2 aromatic carbocycles. The van der Waals surface area contributed by atoms with Crippen molar-refractivity contribution in [1.82, 2.24) is 10.6 Å². The van der Waals surface area contributed by atoms with E-state index in [0.29, 0.717) is 29.1 Å². The zero-order valence-corrected chi connectivity index (χ0v) is 35.0. The van der Waals surface area contributed by atoms with Gasteiger partial charge in [-0.25, -0.2) is 4.99 Å². The third-order valence-corrected chi connectivity index (χ3v) is 10.3. The Balaban J connectivity index is 2.27. The highest BCUT2D eigenvalue weighted by atomic mass is 32.2. The molecule has 1 aliphatic carbocycles. The van der Waals surface area contributed by atoms with Gasteiger partial charge in [0.1, 0.15) is 11.5 Å². The molecule has 0 saturated heterocycles. The van der Waals surface area contributed by atoms with Crippen molar-refractivity contribution >= 4 is 38.9 Å². The van der Waals surface area contributed by atoms with Gasteiger partial charge in [-0.1, -0.05) is 121 Å². The number of rotatable bonds is 14. The molecule has 2 N–H and O–H groups in total. The summed E-state index contributed by atoms with van der Waals surface area (Å²) in [5.74, 6) is 0.0779. The number of sulfonamides is 1. The van der Waals surface area contributed by atoms with Crippen LogP contribution < -0.4 is 15.4 Å². The van der Waals surface area contributed by atoms with E-state index in [1.807, 2.05) is 64.1 Å². The number of hydrogen-bond donors (Lipinski definition) is 2. The topological polar surface area (TPSA) is 126 Å². The van der Waals surface area contributed by atoms with Crippen molar-refractivity contribution in [3.63, 3.8) is 0 Å². The lowest BCUT2D eigenvalue weighted by atomic mass is 9.89. The van der Waals surface area contributed by atoms with E-state index in [9.17, 15) is 18.0 Å². The molecule has 0 aliphatic heterocycles. The Morgan fingerprint density at radius 2 is 1.21 bits per heavy atom. The van der Waals surface area contributed by atoms with E-state index in [-0.39, 0.29) is 51.6 Å². The van der Waals surface area contributed by atoms with Gasteiger partial charge in [0, 0.05) is 10.8 Å². The molecule has 0 heterocycles. The molecule has 53 heavy (non-hydrogen) atoms. The molecule has 0 unspecified atom stereocenters. The Morgan fingerprint density at radius 1 is 0.717 bits per heavy atom. The van der Waals surface area contributed by atoms with Crippen LogP contribution in [0.2, 0.25) is 0 Å². The van der Waals surface area contributed by atoms with Crippen molar-refractivity contribution < 1.29 is 22.7 Å². The normalized spacial score (nSPS) is 15.6. The minimum Gasteiger partial charge on any atom is -0.494 e. The summed E-state index contributed by atoms with van der Waals surface area (Å²) in [6.07, 6.45) is 7.49. The third kappa shape index (κ3) is 12.0. The van der Waals surface area contributed by atoms with E-state index in [4.69, 9.17) is 9.73 Å². The first-order chi connectivity index (χ1) is 24.5. The number of carbonyl (C=O) groups excluding carboxylic acids is 2. The summed E-state index contributed by atoms with van der Waals surface area (Å²) in [6.45, 7) is 25.5. The standard InChI is InChI=1S/C43H62N4O5S/c1-14-15-16-17-22-52-32-20-18-31(19-21-32)44-35-25-37(46-41(49)43(11,12)13)38(26-36(35)45-40(48)42(8,9)10)47-53(50,51)39-33(28(4)5)23-30(27(2)3)24-34(39)29(6)7/h18-21,23-29H,14-17,22H2,1-13H3,(H,45,48)(H,46,49). The third-order valence-electron chi connectivity index (χ3n) is 8.88. The average molecular weight is 747 g/mol. The minimum absolute atomic E-state index is 0.0186. The Kier molecular flexibility index (Phi) is 14.6. The fourth-order valence-electron chi connectivity index (χ4n) is 5.40. The van der Waals surface area contributed by atoms with Gasteiger partial charge < -0.3 is 15.4 Å². The van der Waals surface area contributed by atoms with Gasteiger partial charge in [0.05, 0.1) is 34.3 Å². The van der Waals surface area contributed by atoms with Crippen LogP contribution in [-0.2, 0) is 19.6 Å². The summed E-state index contributed by atoms with van der Waals surface area (Å²) < 4.78 is 39.5. The molecule has 1 aliphatic rings. The zero-order chi connectivity index (χ0) is 39.9. The first kappa shape index (κ1) is 43.4. The quantitative estimate of drug-likeness (QED) is 0.147. The monoisotopic (exact) mass is 746 g/mol. The van der Waals surface area contributed by atoms with Crippen molar-refractivity contribution in [2.24, 2.45) is 20.2 Å². The minimum atomic E-state index is -4.35. The van der Waals surface area contributed by atoms with Gasteiger partial charge in [-0.05, 0) is 77.3 Å². The molecule has 2 amide bonds. The van der Waals surface area contributed by atoms with Crippen LogP contribution >= 0.6 is 0 Å². The van der Waals surface area contributed by atoms with E-state index in [1.165, 1.54) is 12.5 Å². The van der Waals surface area contributed by atoms with E-state index in [0.717, 1.165) is 30.6 Å². The Labute approximate surface area is 319 Å². The second kappa shape index (κ2) is 17.9. The number of nitrogens with zero attached hydrogens (tertiary/aromatic N) is 2. The maximum absolute atomic E-state index is 14.6. The molecule has 0 saturated carbocycles. The number of benzene rings is 2. The molecule has 3 rings (SSSR count). The van der Waals surface area contributed by atoms with E-state index in [1.54, 1.807) is 47.6 Å². The number of allylic oxidation sites excluding steroid dienone is 2. The van der Waals surface area contributed by atoms with Crippen molar-refractivity contribution in [2.45, 2.75) is 138 Å². The van der Waals surface area contributed by atoms with Gasteiger partial charge in [0.25, 0.3) is 10.0 Å². The molecule has 9 nitrogen and oxygen atoms in total. The van der Waals surface area contributed by atoms with Crippen LogP contribution in [0.4, 0.5) is 5.69 Å². The highest BCUT2D eigenvalue weighted by Gasteiger charge is 2.32. The summed E-state index contributed by atoms with van der Waals surface area (Å²) >= 11 is 0. The highest BCUT2D eigenvalue weighted by Crippen LogP contribution is 2.36. The van der Waals surface area contributed by atoms with E-state index >= 15 is 0 Å². The zero-order valence-electron chi connectivity index (χ0n) is 34.2. The van der Waals surface area contributed by atoms with Crippen LogP contribution in [0, 0.1) is 10.8 Å². The Bertz CT molecular complexity index is 1840. The molecule has 0 aromatic heterocycles. The summed E-state index contributed by atoms with van der Waals surface area (Å²) in [5, 5.41) is 5.87. The molecular weight excluding hydrogens is 685 g/mol. The summed E-state index contributed by atoms with van der Waals surface area (Å²) in [7, 11) is -4.35. The van der Waals surface area contributed by atoms with E-state index < -0.39 is 20.9 Å². The van der Waals surface area contributed by atoms with Crippen LogP contribution in [0.25, 0.3) is 0 Å². The predicted octanol–water partition coefficient (Wildman–Crippen LogP) is 10.0. The lowest BCUT2D eigenvalue weighted by Gasteiger charge is -2.25. The van der Waals surface area contributed by atoms with E-state index in [2.05, 4.69) is 35.8 Å². The van der Waals surface area contributed by atoms with Crippen LogP contribution in [0.15, 0.2) is 74.2 Å². The fourth-order valence-corrected chi connectivity index (χ4v) is 7.09. The van der Waals surface area contributed by atoms with Crippen LogP contribution in [-0.4, -0.2) is 38.3 Å². The van der Waals surface area contributed by atoms with Gasteiger partial charge in [-0.15, -0.1) is 0 Å². The molecule has 10 heteroatoms. The number of ether oxygens (including phenoxy) is 1. The number of carbonyl (C=O) groups is 2. The second-order valence-electron chi connectivity index (χ2n) is 16.9. The summed E-state index contributed by atoms with van der Waals surface area (Å²) in [4.78, 5) is 31.9. The SMILES string of the molecule is CCCCCCOc1ccc(N=C2C=C(NC(=O)C(C)(C)C)C(=NS(=O)(=O)c3c(C(C)C)cc(C(C)C)cc3C(C)C)C=C2NC(=O)C(C)(C)C)cc1. The smallest absolute Gasteiger partial charge is 0.283 e. The van der Waals surface area contributed by atoms with Gasteiger partial charge in [0.15, 0.2) is 0 Å². The van der Waals surface area contributed by atoms with Gasteiger partial charge in [-0.3, -0.25) is 9.59 Å².